The predicted molar refractivity (Wildman–Crippen MR) is 98.6 cm³/mol. The summed E-state index contributed by atoms with van der Waals surface area (Å²) in [5, 5.41) is 9.83. The summed E-state index contributed by atoms with van der Waals surface area (Å²) in [6, 6.07) is 10.6. The molecule has 1 aromatic carbocycles. The summed E-state index contributed by atoms with van der Waals surface area (Å²) in [6.45, 7) is 12.1. The van der Waals surface area contributed by atoms with Crippen LogP contribution in [0.15, 0.2) is 30.3 Å². The first-order chi connectivity index (χ1) is 12.1. The molecule has 2 heterocycles. The molecule has 3 rings (SSSR count). The minimum absolute atomic E-state index is 0.0555. The van der Waals surface area contributed by atoms with Gasteiger partial charge in [-0.25, -0.2) is 0 Å². The summed E-state index contributed by atoms with van der Waals surface area (Å²) in [4.78, 5) is 5.01. The third-order valence-corrected chi connectivity index (χ3v) is 5.16. The zero-order valence-electron chi connectivity index (χ0n) is 15.6. The topological polar surface area (TPSA) is 45.2 Å². The Hall–Kier alpha value is -0.980. The standard InChI is InChI=1S/C20H32N2O3/c1-20(2,15-21-8-11-24-12-9-21)16-22-10-13-25-18(14-23)19(22)17-6-4-3-5-7-17/h3-7,18-19,23H,8-16H2,1-2H3/t18-,19-/m1/s1. The van der Waals surface area contributed by atoms with E-state index in [-0.39, 0.29) is 24.2 Å². The molecule has 0 unspecified atom stereocenters. The molecule has 0 aliphatic carbocycles. The van der Waals surface area contributed by atoms with E-state index in [1.165, 1.54) is 5.56 Å². The molecule has 1 N–H and O–H groups in total. The number of rotatable bonds is 6. The third kappa shape index (κ3) is 5.02. The van der Waals surface area contributed by atoms with Crippen molar-refractivity contribution < 1.29 is 14.6 Å². The fourth-order valence-electron chi connectivity index (χ4n) is 4.16. The lowest BCUT2D eigenvalue weighted by atomic mass is 9.89. The number of morpholine rings is 2. The van der Waals surface area contributed by atoms with Crippen molar-refractivity contribution >= 4 is 0 Å². The van der Waals surface area contributed by atoms with Gasteiger partial charge in [-0.2, -0.15) is 0 Å². The van der Waals surface area contributed by atoms with Crippen LogP contribution >= 0.6 is 0 Å². The van der Waals surface area contributed by atoms with Crippen LogP contribution in [0.1, 0.15) is 25.5 Å². The van der Waals surface area contributed by atoms with Gasteiger partial charge in [0.2, 0.25) is 0 Å². The second kappa shape index (κ2) is 8.60. The van der Waals surface area contributed by atoms with E-state index in [1.54, 1.807) is 0 Å². The van der Waals surface area contributed by atoms with E-state index in [0.29, 0.717) is 6.61 Å². The molecular formula is C20H32N2O3. The Morgan fingerprint density at radius 3 is 2.44 bits per heavy atom. The minimum Gasteiger partial charge on any atom is -0.394 e. The zero-order chi connectivity index (χ0) is 17.7. The van der Waals surface area contributed by atoms with Crippen LogP contribution in [-0.2, 0) is 9.47 Å². The van der Waals surface area contributed by atoms with Crippen molar-refractivity contribution in [3.63, 3.8) is 0 Å². The van der Waals surface area contributed by atoms with Gasteiger partial charge in [0.05, 0.1) is 32.5 Å². The first-order valence-electron chi connectivity index (χ1n) is 9.41. The van der Waals surface area contributed by atoms with Gasteiger partial charge in [0.1, 0.15) is 6.10 Å². The Bertz CT molecular complexity index is 517. The quantitative estimate of drug-likeness (QED) is 0.849. The Kier molecular flexibility index (Phi) is 6.47. The number of ether oxygens (including phenoxy) is 2. The highest BCUT2D eigenvalue weighted by atomic mass is 16.5. The molecular weight excluding hydrogens is 316 g/mol. The lowest BCUT2D eigenvalue weighted by molar-refractivity contribution is -0.103. The van der Waals surface area contributed by atoms with Crippen molar-refractivity contribution in [3.8, 4) is 0 Å². The molecule has 2 saturated heterocycles. The fourth-order valence-corrected chi connectivity index (χ4v) is 4.16. The Balaban J connectivity index is 1.71. The smallest absolute Gasteiger partial charge is 0.100 e. The number of hydrogen-bond donors (Lipinski definition) is 1. The van der Waals surface area contributed by atoms with Gasteiger partial charge in [-0.15, -0.1) is 0 Å². The normalized spacial score (nSPS) is 26.7. The maximum Gasteiger partial charge on any atom is 0.100 e. The van der Waals surface area contributed by atoms with E-state index in [0.717, 1.165) is 45.9 Å². The number of benzene rings is 1. The van der Waals surface area contributed by atoms with Crippen molar-refractivity contribution in [2.75, 3.05) is 59.2 Å². The summed E-state index contributed by atoms with van der Waals surface area (Å²) in [6.07, 6.45) is -0.157. The second-order valence-electron chi connectivity index (χ2n) is 7.97. The van der Waals surface area contributed by atoms with Gasteiger partial charge in [0.25, 0.3) is 0 Å². The Morgan fingerprint density at radius 1 is 1.04 bits per heavy atom. The molecule has 0 aromatic heterocycles. The van der Waals surface area contributed by atoms with Gasteiger partial charge in [0, 0.05) is 32.7 Å². The monoisotopic (exact) mass is 348 g/mol. The molecule has 1 aromatic rings. The van der Waals surface area contributed by atoms with Crippen LogP contribution < -0.4 is 0 Å². The maximum absolute atomic E-state index is 9.83. The third-order valence-electron chi connectivity index (χ3n) is 5.16. The average molecular weight is 348 g/mol. The summed E-state index contributed by atoms with van der Waals surface area (Å²) in [7, 11) is 0. The van der Waals surface area contributed by atoms with Gasteiger partial charge < -0.3 is 14.6 Å². The zero-order valence-corrected chi connectivity index (χ0v) is 15.6. The molecule has 2 atom stereocenters. The Labute approximate surface area is 151 Å². The molecule has 0 saturated carbocycles. The van der Waals surface area contributed by atoms with E-state index in [4.69, 9.17) is 9.47 Å². The van der Waals surface area contributed by atoms with Gasteiger partial charge in [0.15, 0.2) is 0 Å². The molecule has 0 amide bonds. The van der Waals surface area contributed by atoms with Crippen LogP contribution in [0.5, 0.6) is 0 Å². The molecule has 0 spiro atoms. The number of aliphatic hydroxyl groups excluding tert-OH is 1. The largest absolute Gasteiger partial charge is 0.394 e. The first-order valence-corrected chi connectivity index (χ1v) is 9.41. The van der Waals surface area contributed by atoms with Crippen molar-refractivity contribution in [2.45, 2.75) is 26.0 Å². The molecule has 5 nitrogen and oxygen atoms in total. The minimum atomic E-state index is -0.157. The van der Waals surface area contributed by atoms with Gasteiger partial charge in [-0.1, -0.05) is 44.2 Å². The molecule has 140 valence electrons. The molecule has 2 aliphatic heterocycles. The number of aliphatic hydroxyl groups is 1. The van der Waals surface area contributed by atoms with E-state index >= 15 is 0 Å². The Morgan fingerprint density at radius 2 is 1.76 bits per heavy atom. The van der Waals surface area contributed by atoms with Crippen LogP contribution in [0, 0.1) is 5.41 Å². The predicted octanol–water partition coefficient (Wildman–Crippen LogP) is 1.78. The number of hydrogen-bond acceptors (Lipinski definition) is 5. The molecule has 0 bridgehead atoms. The second-order valence-corrected chi connectivity index (χ2v) is 7.97. The molecule has 0 radical (unpaired) electrons. The van der Waals surface area contributed by atoms with Gasteiger partial charge >= 0.3 is 0 Å². The summed E-state index contributed by atoms with van der Waals surface area (Å²) in [5.74, 6) is 0. The highest BCUT2D eigenvalue weighted by molar-refractivity contribution is 5.21. The maximum atomic E-state index is 9.83. The molecule has 25 heavy (non-hydrogen) atoms. The van der Waals surface area contributed by atoms with E-state index < -0.39 is 0 Å². The summed E-state index contributed by atoms with van der Waals surface area (Å²) in [5.41, 5.74) is 1.39. The van der Waals surface area contributed by atoms with Crippen molar-refractivity contribution in [1.82, 2.24) is 9.80 Å². The summed E-state index contributed by atoms with van der Waals surface area (Å²) >= 11 is 0. The van der Waals surface area contributed by atoms with E-state index in [1.807, 2.05) is 6.07 Å². The lowest BCUT2D eigenvalue weighted by Gasteiger charge is -2.45. The van der Waals surface area contributed by atoms with Gasteiger partial charge in [-0.05, 0) is 11.0 Å². The van der Waals surface area contributed by atoms with Crippen LogP contribution in [0.4, 0.5) is 0 Å². The summed E-state index contributed by atoms with van der Waals surface area (Å²) < 4.78 is 11.3. The highest BCUT2D eigenvalue weighted by Gasteiger charge is 2.36. The van der Waals surface area contributed by atoms with Crippen LogP contribution in [0.25, 0.3) is 0 Å². The van der Waals surface area contributed by atoms with Crippen LogP contribution in [-0.4, -0.2) is 80.2 Å². The fraction of sp³-hybridized carbons (Fsp3) is 0.700. The van der Waals surface area contributed by atoms with Crippen LogP contribution in [0.3, 0.4) is 0 Å². The van der Waals surface area contributed by atoms with Crippen LogP contribution in [0.2, 0.25) is 0 Å². The molecule has 5 heteroatoms. The van der Waals surface area contributed by atoms with E-state index in [2.05, 4.69) is 47.9 Å². The lowest BCUT2D eigenvalue weighted by Crippen LogP contribution is -2.52. The molecule has 2 fully saturated rings. The van der Waals surface area contributed by atoms with Gasteiger partial charge in [-0.3, -0.25) is 9.80 Å². The number of nitrogens with zero attached hydrogens (tertiary/aromatic N) is 2. The SMILES string of the molecule is CC(C)(CN1CCOCC1)CN1CCO[C@H](CO)[C@H]1c1ccccc1. The average Bonchev–Trinajstić information content (AvgIpc) is 2.62. The first kappa shape index (κ1) is 18.8. The highest BCUT2D eigenvalue weighted by Crippen LogP contribution is 2.32. The van der Waals surface area contributed by atoms with Crippen molar-refractivity contribution in [1.29, 1.82) is 0 Å². The van der Waals surface area contributed by atoms with Crippen molar-refractivity contribution in [2.24, 2.45) is 5.41 Å². The van der Waals surface area contributed by atoms with Crippen molar-refractivity contribution in [3.05, 3.63) is 35.9 Å². The van der Waals surface area contributed by atoms with E-state index in [9.17, 15) is 5.11 Å². The molecule has 2 aliphatic rings.